The molecule has 0 radical (unpaired) electrons. The van der Waals surface area contributed by atoms with Gasteiger partial charge in [-0.15, -0.1) is 0 Å². The van der Waals surface area contributed by atoms with Crippen LogP contribution in [0.2, 0.25) is 0 Å². The third-order valence-corrected chi connectivity index (χ3v) is 6.22. The molecule has 2 aromatic rings. The molecule has 0 bridgehead atoms. The Kier molecular flexibility index (Phi) is 5.97. The number of hydrogen-bond donors (Lipinski definition) is 1. The third kappa shape index (κ3) is 5.20. The van der Waals surface area contributed by atoms with Crippen LogP contribution < -0.4 is 5.32 Å². The fourth-order valence-electron chi connectivity index (χ4n) is 3.28. The van der Waals surface area contributed by atoms with Crippen molar-refractivity contribution in [2.24, 2.45) is 0 Å². The van der Waals surface area contributed by atoms with Crippen molar-refractivity contribution in [2.45, 2.75) is 38.1 Å². The smallest absolute Gasteiger partial charge is 0.248 e. The predicted molar refractivity (Wildman–Crippen MR) is 103 cm³/mol. The second kappa shape index (κ2) is 8.40. The fraction of sp³-hybridized carbons (Fsp3) is 0.400. The largest absolute Gasteiger partial charge is 0.457 e. The monoisotopic (exact) mass is 386 g/mol. The molecule has 6 nitrogen and oxygen atoms in total. The minimum absolute atomic E-state index is 0.0818. The molecule has 3 rings (SSSR count). The minimum Gasteiger partial charge on any atom is -0.457 e. The van der Waals surface area contributed by atoms with Crippen LogP contribution >= 0.6 is 0 Å². The van der Waals surface area contributed by atoms with E-state index >= 15 is 0 Å². The van der Waals surface area contributed by atoms with Crippen molar-refractivity contribution in [1.29, 1.82) is 5.26 Å². The molecule has 0 unspecified atom stereocenters. The number of sulfone groups is 1. The van der Waals surface area contributed by atoms with Gasteiger partial charge in [0.1, 0.15) is 11.3 Å². The van der Waals surface area contributed by atoms with E-state index in [2.05, 4.69) is 5.32 Å². The van der Waals surface area contributed by atoms with E-state index in [1.54, 1.807) is 6.07 Å². The summed E-state index contributed by atoms with van der Waals surface area (Å²) in [6.45, 7) is 0. The van der Waals surface area contributed by atoms with Crippen LogP contribution in [-0.4, -0.2) is 31.9 Å². The Morgan fingerprint density at radius 1 is 1.30 bits per heavy atom. The van der Waals surface area contributed by atoms with Gasteiger partial charge in [-0.3, -0.25) is 4.79 Å². The van der Waals surface area contributed by atoms with E-state index in [1.807, 2.05) is 30.3 Å². The maximum absolute atomic E-state index is 12.7. The summed E-state index contributed by atoms with van der Waals surface area (Å²) in [5.74, 6) is -0.631. The molecule has 1 fully saturated rings. The standard InChI is InChI=1S/C20H22N2O4S/c21-10-5-11-27(24,25)14-16(20(23)22-17-7-2-3-8-17)13-18-12-15-6-1-4-9-19(15)26-18/h1,4,6,9,12-13,17H,2-3,5,7-8,11,14H2,(H,22,23)/b16-13+. The maximum Gasteiger partial charge on any atom is 0.248 e. The van der Waals surface area contributed by atoms with Gasteiger partial charge in [-0.2, -0.15) is 5.26 Å². The van der Waals surface area contributed by atoms with E-state index in [1.165, 1.54) is 6.08 Å². The van der Waals surface area contributed by atoms with Crippen molar-refractivity contribution in [2.75, 3.05) is 11.5 Å². The molecular weight excluding hydrogens is 364 g/mol. The lowest BCUT2D eigenvalue weighted by molar-refractivity contribution is -0.118. The zero-order chi connectivity index (χ0) is 19.3. The number of nitrogens with zero attached hydrogens (tertiary/aromatic N) is 1. The summed E-state index contributed by atoms with van der Waals surface area (Å²) in [6.07, 6.45) is 5.34. The van der Waals surface area contributed by atoms with Crippen molar-refractivity contribution < 1.29 is 17.6 Å². The molecule has 1 aromatic carbocycles. The van der Waals surface area contributed by atoms with Crippen molar-refractivity contribution in [3.63, 3.8) is 0 Å². The average Bonchev–Trinajstić information content (AvgIpc) is 3.28. The zero-order valence-corrected chi connectivity index (χ0v) is 15.8. The highest BCUT2D eigenvalue weighted by Gasteiger charge is 2.23. The van der Waals surface area contributed by atoms with Gasteiger partial charge >= 0.3 is 0 Å². The van der Waals surface area contributed by atoms with Crippen LogP contribution in [0.5, 0.6) is 0 Å². The summed E-state index contributed by atoms with van der Waals surface area (Å²) >= 11 is 0. The molecule has 7 heteroatoms. The van der Waals surface area contributed by atoms with Gasteiger partial charge in [0.05, 0.1) is 17.6 Å². The van der Waals surface area contributed by atoms with E-state index in [4.69, 9.17) is 9.68 Å². The summed E-state index contributed by atoms with van der Waals surface area (Å²) in [4.78, 5) is 12.7. The third-order valence-electron chi connectivity index (χ3n) is 4.64. The van der Waals surface area contributed by atoms with Gasteiger partial charge in [0.25, 0.3) is 0 Å². The molecule has 1 aliphatic rings. The van der Waals surface area contributed by atoms with E-state index in [-0.39, 0.29) is 29.7 Å². The summed E-state index contributed by atoms with van der Waals surface area (Å²) in [5, 5.41) is 12.5. The van der Waals surface area contributed by atoms with Crippen molar-refractivity contribution in [3.8, 4) is 6.07 Å². The van der Waals surface area contributed by atoms with Crippen LogP contribution in [0.1, 0.15) is 37.9 Å². The SMILES string of the molecule is N#CCCS(=O)(=O)C/C(=C\c1cc2ccccc2o1)C(=O)NC1CCCC1. The Morgan fingerprint density at radius 3 is 2.74 bits per heavy atom. The molecule has 0 saturated heterocycles. The molecule has 1 saturated carbocycles. The van der Waals surface area contributed by atoms with Crippen LogP contribution in [0.4, 0.5) is 0 Å². The number of fused-ring (bicyclic) bond motifs is 1. The molecule has 1 heterocycles. The van der Waals surface area contributed by atoms with Crippen molar-refractivity contribution in [3.05, 3.63) is 41.7 Å². The van der Waals surface area contributed by atoms with E-state index in [0.717, 1.165) is 31.1 Å². The quantitative estimate of drug-likeness (QED) is 0.737. The molecule has 0 aliphatic heterocycles. The Bertz CT molecular complexity index is 959. The highest BCUT2D eigenvalue weighted by Crippen LogP contribution is 2.22. The van der Waals surface area contributed by atoms with Gasteiger partial charge in [0.2, 0.25) is 5.91 Å². The summed E-state index contributed by atoms with van der Waals surface area (Å²) < 4.78 is 30.3. The Morgan fingerprint density at radius 2 is 2.04 bits per heavy atom. The molecule has 142 valence electrons. The molecule has 0 atom stereocenters. The molecule has 1 N–H and O–H groups in total. The number of rotatable bonds is 7. The highest BCUT2D eigenvalue weighted by molar-refractivity contribution is 7.91. The summed E-state index contributed by atoms with van der Waals surface area (Å²) in [6, 6.07) is 11.1. The number of para-hydroxylation sites is 1. The minimum atomic E-state index is -3.57. The number of nitriles is 1. The van der Waals surface area contributed by atoms with Gasteiger partial charge < -0.3 is 9.73 Å². The van der Waals surface area contributed by atoms with Gasteiger partial charge in [-0.1, -0.05) is 31.0 Å². The first-order chi connectivity index (χ1) is 13.0. The first-order valence-corrected chi connectivity index (χ1v) is 10.9. The number of furan rings is 1. The first-order valence-electron chi connectivity index (χ1n) is 9.04. The molecular formula is C20H22N2O4S. The zero-order valence-electron chi connectivity index (χ0n) is 15.0. The fourth-order valence-corrected chi connectivity index (χ4v) is 4.51. The number of amides is 1. The molecule has 1 amide bonds. The van der Waals surface area contributed by atoms with Crippen LogP contribution in [0, 0.1) is 11.3 Å². The molecule has 1 aliphatic carbocycles. The number of hydrogen-bond acceptors (Lipinski definition) is 5. The maximum atomic E-state index is 12.7. The average molecular weight is 386 g/mol. The number of carbonyl (C=O) groups excluding carboxylic acids is 1. The lowest BCUT2D eigenvalue weighted by Crippen LogP contribution is -2.35. The van der Waals surface area contributed by atoms with E-state index in [9.17, 15) is 13.2 Å². The van der Waals surface area contributed by atoms with Gasteiger partial charge in [-0.25, -0.2) is 8.42 Å². The van der Waals surface area contributed by atoms with Crippen molar-refractivity contribution >= 4 is 32.8 Å². The van der Waals surface area contributed by atoms with Crippen LogP contribution in [0.25, 0.3) is 17.0 Å². The normalized spacial score (nSPS) is 15.7. The number of benzene rings is 1. The number of nitrogens with one attached hydrogen (secondary N) is 1. The van der Waals surface area contributed by atoms with Gasteiger partial charge in [0.15, 0.2) is 9.84 Å². The topological polar surface area (TPSA) is 100 Å². The number of carbonyl (C=O) groups is 1. The Labute approximate surface area is 158 Å². The van der Waals surface area contributed by atoms with Crippen LogP contribution in [0.3, 0.4) is 0 Å². The van der Waals surface area contributed by atoms with Crippen LogP contribution in [0.15, 0.2) is 40.3 Å². The summed E-state index contributed by atoms with van der Waals surface area (Å²) in [5.41, 5.74) is 0.811. The predicted octanol–water partition coefficient (Wildman–Crippen LogP) is 3.20. The van der Waals surface area contributed by atoms with Crippen LogP contribution in [-0.2, 0) is 14.6 Å². The molecule has 0 spiro atoms. The Hall–Kier alpha value is -2.59. The Balaban J connectivity index is 1.87. The summed E-state index contributed by atoms with van der Waals surface area (Å²) in [7, 11) is -3.57. The van der Waals surface area contributed by atoms with Crippen molar-refractivity contribution in [1.82, 2.24) is 5.32 Å². The van der Waals surface area contributed by atoms with Gasteiger partial charge in [-0.05, 0) is 31.1 Å². The first kappa shape index (κ1) is 19.2. The second-order valence-electron chi connectivity index (χ2n) is 6.81. The van der Waals surface area contributed by atoms with E-state index in [0.29, 0.717) is 11.3 Å². The van der Waals surface area contributed by atoms with E-state index < -0.39 is 15.6 Å². The molecule has 1 aromatic heterocycles. The lowest BCUT2D eigenvalue weighted by atomic mass is 10.2. The second-order valence-corrected chi connectivity index (χ2v) is 9.00. The van der Waals surface area contributed by atoms with Gasteiger partial charge in [0, 0.05) is 23.4 Å². The molecule has 27 heavy (non-hydrogen) atoms. The lowest BCUT2D eigenvalue weighted by Gasteiger charge is -2.14. The highest BCUT2D eigenvalue weighted by atomic mass is 32.2.